The van der Waals surface area contributed by atoms with Crippen molar-refractivity contribution < 1.29 is 9.90 Å². The number of nitrogens with zero attached hydrogens (tertiary/aromatic N) is 2. The van der Waals surface area contributed by atoms with E-state index in [9.17, 15) is 4.79 Å². The summed E-state index contributed by atoms with van der Waals surface area (Å²) in [5.74, 6) is 0.445. The molecule has 1 aromatic rings. The Balaban J connectivity index is 2.50. The number of pyridine rings is 1. The lowest BCUT2D eigenvalue weighted by Gasteiger charge is -2.25. The molecule has 0 aliphatic heterocycles. The molecule has 106 valence electrons. The van der Waals surface area contributed by atoms with Gasteiger partial charge in [-0.15, -0.1) is 0 Å². The van der Waals surface area contributed by atoms with Crippen molar-refractivity contribution in [3.8, 4) is 0 Å². The zero-order valence-corrected chi connectivity index (χ0v) is 12.9. The van der Waals surface area contributed by atoms with Gasteiger partial charge in [0, 0.05) is 29.9 Å². The molecule has 0 aliphatic rings. The Kier molecular flexibility index (Phi) is 6.97. The van der Waals surface area contributed by atoms with Crippen LogP contribution in [0.15, 0.2) is 22.8 Å². The fourth-order valence-corrected chi connectivity index (χ4v) is 1.84. The van der Waals surface area contributed by atoms with Gasteiger partial charge in [-0.3, -0.25) is 9.69 Å². The molecule has 0 spiro atoms. The Morgan fingerprint density at radius 1 is 1.53 bits per heavy atom. The largest absolute Gasteiger partial charge is 0.396 e. The molecule has 1 rings (SSSR count). The van der Waals surface area contributed by atoms with Crippen molar-refractivity contribution in [2.75, 3.05) is 25.0 Å². The van der Waals surface area contributed by atoms with Crippen LogP contribution in [0.4, 0.5) is 5.82 Å². The number of amides is 1. The molecular formula is C13H20BrN3O2. The van der Waals surface area contributed by atoms with Crippen LogP contribution in [-0.4, -0.2) is 46.6 Å². The summed E-state index contributed by atoms with van der Waals surface area (Å²) in [6, 6.07) is 3.83. The number of aromatic nitrogens is 1. The molecule has 1 heterocycles. The van der Waals surface area contributed by atoms with Crippen LogP contribution in [0.25, 0.3) is 0 Å². The van der Waals surface area contributed by atoms with Crippen LogP contribution >= 0.6 is 15.9 Å². The monoisotopic (exact) mass is 329 g/mol. The molecule has 0 fully saturated rings. The maximum atomic E-state index is 11.9. The first-order valence-corrected chi connectivity index (χ1v) is 7.08. The summed E-state index contributed by atoms with van der Waals surface area (Å²) in [5, 5.41) is 11.6. The van der Waals surface area contributed by atoms with Gasteiger partial charge in [0.2, 0.25) is 5.91 Å². The fraction of sp³-hybridized carbons (Fsp3) is 0.538. The molecule has 19 heavy (non-hydrogen) atoms. The van der Waals surface area contributed by atoms with E-state index in [1.165, 1.54) is 0 Å². The summed E-state index contributed by atoms with van der Waals surface area (Å²) in [5.41, 5.74) is 0. The van der Waals surface area contributed by atoms with Crippen molar-refractivity contribution in [2.24, 2.45) is 0 Å². The molecule has 0 saturated heterocycles. The molecule has 0 bridgehead atoms. The van der Waals surface area contributed by atoms with Gasteiger partial charge >= 0.3 is 0 Å². The number of aliphatic hydroxyl groups is 1. The van der Waals surface area contributed by atoms with Crippen LogP contribution < -0.4 is 5.32 Å². The SMILES string of the molecule is CC(C)N(CCCO)CC(=O)Nc1ccc(Br)cn1. The summed E-state index contributed by atoms with van der Waals surface area (Å²) in [6.07, 6.45) is 2.31. The number of hydrogen-bond donors (Lipinski definition) is 2. The van der Waals surface area contributed by atoms with E-state index in [4.69, 9.17) is 5.11 Å². The molecule has 0 aromatic carbocycles. The summed E-state index contributed by atoms with van der Waals surface area (Å²) >= 11 is 3.29. The van der Waals surface area contributed by atoms with Gasteiger partial charge in [-0.25, -0.2) is 4.98 Å². The van der Waals surface area contributed by atoms with Crippen molar-refractivity contribution in [2.45, 2.75) is 26.3 Å². The van der Waals surface area contributed by atoms with Gasteiger partial charge in [-0.05, 0) is 48.3 Å². The van der Waals surface area contributed by atoms with Gasteiger partial charge < -0.3 is 10.4 Å². The topological polar surface area (TPSA) is 65.5 Å². The van der Waals surface area contributed by atoms with Crippen LogP contribution in [0.2, 0.25) is 0 Å². The zero-order valence-electron chi connectivity index (χ0n) is 11.3. The highest BCUT2D eigenvalue weighted by molar-refractivity contribution is 9.10. The molecule has 0 aliphatic carbocycles. The van der Waals surface area contributed by atoms with Gasteiger partial charge in [0.05, 0.1) is 6.54 Å². The van der Waals surface area contributed by atoms with Crippen LogP contribution in [0.5, 0.6) is 0 Å². The molecule has 0 saturated carbocycles. The van der Waals surface area contributed by atoms with Gasteiger partial charge in [0.25, 0.3) is 0 Å². The van der Waals surface area contributed by atoms with E-state index in [-0.39, 0.29) is 18.6 Å². The highest BCUT2D eigenvalue weighted by atomic mass is 79.9. The molecular weight excluding hydrogens is 310 g/mol. The number of nitrogens with one attached hydrogen (secondary N) is 1. The molecule has 0 unspecified atom stereocenters. The van der Waals surface area contributed by atoms with Crippen molar-refractivity contribution in [3.63, 3.8) is 0 Å². The maximum Gasteiger partial charge on any atom is 0.239 e. The number of anilines is 1. The molecule has 2 N–H and O–H groups in total. The van der Waals surface area contributed by atoms with E-state index in [1.54, 1.807) is 12.3 Å². The lowest BCUT2D eigenvalue weighted by atomic mass is 10.3. The molecule has 6 heteroatoms. The minimum atomic E-state index is -0.0959. The Morgan fingerprint density at radius 3 is 2.79 bits per heavy atom. The summed E-state index contributed by atoms with van der Waals surface area (Å²) in [4.78, 5) is 18.0. The predicted molar refractivity (Wildman–Crippen MR) is 79.0 cm³/mol. The van der Waals surface area contributed by atoms with Crippen LogP contribution in [0.3, 0.4) is 0 Å². The second-order valence-corrected chi connectivity index (χ2v) is 5.47. The highest BCUT2D eigenvalue weighted by Crippen LogP contribution is 2.10. The first-order chi connectivity index (χ1) is 9.02. The predicted octanol–water partition coefficient (Wildman–Crippen LogP) is 1.88. The zero-order chi connectivity index (χ0) is 14.3. The third-order valence-corrected chi connectivity index (χ3v) is 3.14. The van der Waals surface area contributed by atoms with E-state index in [0.29, 0.717) is 25.3 Å². The minimum absolute atomic E-state index is 0.0959. The number of hydrogen-bond acceptors (Lipinski definition) is 4. The van der Waals surface area contributed by atoms with E-state index in [0.717, 1.165) is 4.47 Å². The fourth-order valence-electron chi connectivity index (χ4n) is 1.61. The normalized spacial score (nSPS) is 11.1. The summed E-state index contributed by atoms with van der Waals surface area (Å²) in [6.45, 7) is 5.20. The van der Waals surface area contributed by atoms with E-state index < -0.39 is 0 Å². The molecule has 0 atom stereocenters. The second-order valence-electron chi connectivity index (χ2n) is 4.55. The Morgan fingerprint density at radius 2 is 2.26 bits per heavy atom. The lowest BCUT2D eigenvalue weighted by Crippen LogP contribution is -2.39. The first-order valence-electron chi connectivity index (χ1n) is 6.29. The average Bonchev–Trinajstić information content (AvgIpc) is 2.37. The standard InChI is InChI=1S/C13H20BrN3O2/c1-10(2)17(6-3-7-18)9-13(19)16-12-5-4-11(14)8-15-12/h4-5,8,10,18H,3,6-7,9H2,1-2H3,(H,15,16,19). The van der Waals surface area contributed by atoms with Crippen molar-refractivity contribution >= 4 is 27.7 Å². The number of carbonyl (C=O) groups is 1. The van der Waals surface area contributed by atoms with Gasteiger partial charge in [-0.2, -0.15) is 0 Å². The van der Waals surface area contributed by atoms with Crippen LogP contribution in [0, 0.1) is 0 Å². The molecule has 1 aromatic heterocycles. The Hall–Kier alpha value is -0.980. The number of rotatable bonds is 7. The highest BCUT2D eigenvalue weighted by Gasteiger charge is 2.13. The summed E-state index contributed by atoms with van der Waals surface area (Å²) < 4.78 is 0.872. The number of aliphatic hydroxyl groups excluding tert-OH is 1. The number of carbonyl (C=O) groups excluding carboxylic acids is 1. The third-order valence-electron chi connectivity index (χ3n) is 2.68. The Bertz CT molecular complexity index is 395. The van der Waals surface area contributed by atoms with Gasteiger partial charge in [0.1, 0.15) is 5.82 Å². The van der Waals surface area contributed by atoms with Gasteiger partial charge in [-0.1, -0.05) is 0 Å². The maximum absolute atomic E-state index is 11.9. The molecule has 5 nitrogen and oxygen atoms in total. The van der Waals surface area contributed by atoms with Crippen molar-refractivity contribution in [1.29, 1.82) is 0 Å². The number of halogens is 1. The van der Waals surface area contributed by atoms with E-state index in [1.807, 2.05) is 24.8 Å². The lowest BCUT2D eigenvalue weighted by molar-refractivity contribution is -0.117. The second kappa shape index (κ2) is 8.24. The minimum Gasteiger partial charge on any atom is -0.396 e. The quantitative estimate of drug-likeness (QED) is 0.801. The van der Waals surface area contributed by atoms with Gasteiger partial charge in [0.15, 0.2) is 0 Å². The third kappa shape index (κ3) is 6.13. The smallest absolute Gasteiger partial charge is 0.239 e. The van der Waals surface area contributed by atoms with Crippen LogP contribution in [-0.2, 0) is 4.79 Å². The Labute approximate surface area is 122 Å². The van der Waals surface area contributed by atoms with Crippen molar-refractivity contribution in [3.05, 3.63) is 22.8 Å². The van der Waals surface area contributed by atoms with Crippen LogP contribution in [0.1, 0.15) is 20.3 Å². The van der Waals surface area contributed by atoms with Crippen molar-refractivity contribution in [1.82, 2.24) is 9.88 Å². The first kappa shape index (κ1) is 16.1. The average molecular weight is 330 g/mol. The molecule has 1 amide bonds. The van der Waals surface area contributed by atoms with E-state index in [2.05, 4.69) is 26.2 Å². The van der Waals surface area contributed by atoms with E-state index >= 15 is 0 Å². The summed E-state index contributed by atoms with van der Waals surface area (Å²) in [7, 11) is 0. The molecule has 0 radical (unpaired) electrons.